The molecule has 7 nitrogen and oxygen atoms in total. The quantitative estimate of drug-likeness (QED) is 0.368. The minimum atomic E-state index is -1.38. The molecular formula is C10H18O7S. The van der Waals surface area contributed by atoms with Crippen molar-refractivity contribution >= 4 is 17.7 Å². The summed E-state index contributed by atoms with van der Waals surface area (Å²) in [6.45, 7) is -0.461. The molecule has 1 aliphatic rings. The maximum atomic E-state index is 10.3. The molecule has 5 atom stereocenters. The zero-order valence-electron chi connectivity index (χ0n) is 9.68. The van der Waals surface area contributed by atoms with E-state index in [0.29, 0.717) is 12.2 Å². The topological polar surface area (TPSA) is 127 Å². The molecule has 0 amide bonds. The van der Waals surface area contributed by atoms with E-state index in [4.69, 9.17) is 14.9 Å². The fourth-order valence-electron chi connectivity index (χ4n) is 1.63. The van der Waals surface area contributed by atoms with E-state index in [1.54, 1.807) is 0 Å². The van der Waals surface area contributed by atoms with Gasteiger partial charge < -0.3 is 30.3 Å². The van der Waals surface area contributed by atoms with Gasteiger partial charge in [-0.25, -0.2) is 0 Å². The van der Waals surface area contributed by atoms with Crippen LogP contribution in [-0.4, -0.2) is 73.7 Å². The summed E-state index contributed by atoms with van der Waals surface area (Å²) in [5, 5.41) is 46.2. The van der Waals surface area contributed by atoms with Crippen LogP contribution in [0.4, 0.5) is 0 Å². The summed E-state index contributed by atoms with van der Waals surface area (Å²) in [6.07, 6.45) is -4.49. The number of thioether (sulfide) groups is 1. The van der Waals surface area contributed by atoms with Crippen LogP contribution in [0.2, 0.25) is 0 Å². The van der Waals surface area contributed by atoms with Gasteiger partial charge in [0.25, 0.3) is 0 Å². The van der Waals surface area contributed by atoms with E-state index < -0.39 is 42.4 Å². The molecule has 1 aliphatic heterocycles. The first-order valence-electron chi connectivity index (χ1n) is 5.61. The van der Waals surface area contributed by atoms with E-state index in [-0.39, 0.29) is 6.42 Å². The van der Waals surface area contributed by atoms with Crippen LogP contribution in [0.5, 0.6) is 0 Å². The lowest BCUT2D eigenvalue weighted by atomic mass is 10.0. The van der Waals surface area contributed by atoms with Crippen molar-refractivity contribution in [2.75, 3.05) is 12.4 Å². The molecule has 5 N–H and O–H groups in total. The van der Waals surface area contributed by atoms with Crippen molar-refractivity contribution in [3.63, 3.8) is 0 Å². The highest BCUT2D eigenvalue weighted by molar-refractivity contribution is 7.99. The first-order valence-corrected chi connectivity index (χ1v) is 6.66. The van der Waals surface area contributed by atoms with E-state index in [9.17, 15) is 20.1 Å². The summed E-state index contributed by atoms with van der Waals surface area (Å²) in [4.78, 5) is 10.3. The summed E-state index contributed by atoms with van der Waals surface area (Å²) in [5.41, 5.74) is -0.783. The smallest absolute Gasteiger partial charge is 0.303 e. The molecule has 0 aromatic rings. The van der Waals surface area contributed by atoms with E-state index in [2.05, 4.69) is 0 Å². The minimum absolute atomic E-state index is 0.0183. The number of rotatable bonds is 6. The molecule has 8 heteroatoms. The van der Waals surface area contributed by atoms with E-state index in [1.807, 2.05) is 0 Å². The van der Waals surface area contributed by atoms with Gasteiger partial charge in [0.1, 0.15) is 29.9 Å². The van der Waals surface area contributed by atoms with Gasteiger partial charge in [-0.2, -0.15) is 0 Å². The fourth-order valence-corrected chi connectivity index (χ4v) is 2.75. The molecule has 0 aromatic carbocycles. The standard InChI is InChI=1S/C10H18O7S/c11-4-5-7(14)8(15)9(16)10(17-5)18-3-1-2-6(12)13/h5,7-11,14-16H,1-4H2,(H,12,13)/t5-,7+,8+,9-,10+/m1/s1. The summed E-state index contributed by atoms with van der Waals surface area (Å²) >= 11 is 1.15. The molecule has 0 radical (unpaired) electrons. The molecule has 1 fully saturated rings. The Hall–Kier alpha value is -0.380. The maximum Gasteiger partial charge on any atom is 0.303 e. The first-order chi connectivity index (χ1) is 8.47. The Morgan fingerprint density at radius 1 is 1.17 bits per heavy atom. The Kier molecular flexibility index (Phi) is 6.33. The zero-order valence-corrected chi connectivity index (χ0v) is 10.5. The van der Waals surface area contributed by atoms with Crippen molar-refractivity contribution in [3.05, 3.63) is 0 Å². The van der Waals surface area contributed by atoms with Gasteiger partial charge in [-0.3, -0.25) is 4.79 Å². The number of carbonyl (C=O) groups is 1. The third-order valence-electron chi connectivity index (χ3n) is 2.67. The molecule has 1 rings (SSSR count). The van der Waals surface area contributed by atoms with E-state index in [1.165, 1.54) is 0 Å². The molecule has 106 valence electrons. The number of carboxylic acid groups (broad SMARTS) is 1. The molecule has 1 heterocycles. The van der Waals surface area contributed by atoms with Gasteiger partial charge >= 0.3 is 5.97 Å². The van der Waals surface area contributed by atoms with Gasteiger partial charge in [0, 0.05) is 6.42 Å². The summed E-state index contributed by atoms with van der Waals surface area (Å²) in [6, 6.07) is 0. The van der Waals surface area contributed by atoms with Crippen molar-refractivity contribution in [2.24, 2.45) is 0 Å². The number of aliphatic hydroxyl groups is 4. The third kappa shape index (κ3) is 4.08. The van der Waals surface area contributed by atoms with Gasteiger partial charge in [0.2, 0.25) is 0 Å². The second kappa shape index (κ2) is 7.27. The summed E-state index contributed by atoms with van der Waals surface area (Å²) < 4.78 is 5.24. The molecule has 1 saturated heterocycles. The van der Waals surface area contributed by atoms with Crippen LogP contribution >= 0.6 is 11.8 Å². The first kappa shape index (κ1) is 15.7. The zero-order chi connectivity index (χ0) is 13.7. The second-order valence-electron chi connectivity index (χ2n) is 4.07. The number of aliphatic hydroxyl groups excluding tert-OH is 4. The molecular weight excluding hydrogens is 264 g/mol. The van der Waals surface area contributed by atoms with Gasteiger partial charge in [-0.1, -0.05) is 0 Å². The van der Waals surface area contributed by atoms with Gasteiger partial charge in [0.15, 0.2) is 0 Å². The largest absolute Gasteiger partial charge is 0.481 e. The van der Waals surface area contributed by atoms with Gasteiger partial charge in [-0.15, -0.1) is 11.8 Å². The van der Waals surface area contributed by atoms with Gasteiger partial charge in [-0.05, 0) is 12.2 Å². The Bertz CT molecular complexity index is 273. The molecule has 0 saturated carbocycles. The predicted molar refractivity (Wildman–Crippen MR) is 63.1 cm³/mol. The lowest BCUT2D eigenvalue weighted by Crippen LogP contribution is -2.57. The Balaban J connectivity index is 2.41. The minimum Gasteiger partial charge on any atom is -0.481 e. The van der Waals surface area contributed by atoms with Crippen molar-refractivity contribution in [2.45, 2.75) is 42.7 Å². The predicted octanol–water partition coefficient (Wildman–Crippen LogP) is -1.62. The summed E-state index contributed by atoms with van der Waals surface area (Å²) in [5.74, 6) is -0.459. The SMILES string of the molecule is O=C(O)CCCS[C@@H]1O[C@H](CO)[C@H](O)[C@H](O)[C@H]1O. The average molecular weight is 282 g/mol. The second-order valence-corrected chi connectivity index (χ2v) is 5.27. The Morgan fingerprint density at radius 2 is 1.83 bits per heavy atom. The number of hydrogen-bond acceptors (Lipinski definition) is 7. The monoisotopic (exact) mass is 282 g/mol. The van der Waals surface area contributed by atoms with Crippen LogP contribution in [0.1, 0.15) is 12.8 Å². The van der Waals surface area contributed by atoms with Crippen molar-refractivity contribution < 1.29 is 35.1 Å². The van der Waals surface area contributed by atoms with Crippen molar-refractivity contribution in [1.29, 1.82) is 0 Å². The van der Waals surface area contributed by atoms with Gasteiger partial charge in [0.05, 0.1) is 6.61 Å². The molecule has 18 heavy (non-hydrogen) atoms. The molecule has 0 spiro atoms. The van der Waals surface area contributed by atoms with Crippen molar-refractivity contribution in [3.8, 4) is 0 Å². The molecule has 0 aromatic heterocycles. The molecule has 0 aliphatic carbocycles. The number of hydrogen-bond donors (Lipinski definition) is 5. The Labute approximate surface area is 108 Å². The average Bonchev–Trinajstić information content (AvgIpc) is 2.34. The summed E-state index contributed by atoms with van der Waals surface area (Å²) in [7, 11) is 0. The lowest BCUT2D eigenvalue weighted by Gasteiger charge is -2.39. The van der Waals surface area contributed by atoms with Crippen LogP contribution in [-0.2, 0) is 9.53 Å². The highest BCUT2D eigenvalue weighted by Crippen LogP contribution is 2.28. The van der Waals surface area contributed by atoms with Crippen LogP contribution < -0.4 is 0 Å². The number of carboxylic acids is 1. The van der Waals surface area contributed by atoms with Crippen LogP contribution in [0.15, 0.2) is 0 Å². The van der Waals surface area contributed by atoms with Crippen LogP contribution in [0.3, 0.4) is 0 Å². The van der Waals surface area contributed by atoms with E-state index in [0.717, 1.165) is 11.8 Å². The highest BCUT2D eigenvalue weighted by Gasteiger charge is 2.43. The molecule has 0 unspecified atom stereocenters. The third-order valence-corrected chi connectivity index (χ3v) is 3.91. The molecule has 0 bridgehead atoms. The Morgan fingerprint density at radius 3 is 2.39 bits per heavy atom. The number of ether oxygens (including phenoxy) is 1. The maximum absolute atomic E-state index is 10.3. The lowest BCUT2D eigenvalue weighted by molar-refractivity contribution is -0.205. The van der Waals surface area contributed by atoms with Crippen LogP contribution in [0, 0.1) is 0 Å². The van der Waals surface area contributed by atoms with Crippen LogP contribution in [0.25, 0.3) is 0 Å². The highest BCUT2D eigenvalue weighted by atomic mass is 32.2. The number of aliphatic carboxylic acids is 1. The normalized spacial score (nSPS) is 36.6. The fraction of sp³-hybridized carbons (Fsp3) is 0.900. The van der Waals surface area contributed by atoms with E-state index >= 15 is 0 Å². The van der Waals surface area contributed by atoms with Crippen molar-refractivity contribution in [1.82, 2.24) is 0 Å².